The minimum Gasteiger partial charge on any atom is -0.478 e. The van der Waals surface area contributed by atoms with Gasteiger partial charge in [-0.2, -0.15) is 0 Å². The topological polar surface area (TPSA) is 46.5 Å². The van der Waals surface area contributed by atoms with Crippen molar-refractivity contribution in [3.63, 3.8) is 0 Å². The molecule has 0 fully saturated rings. The van der Waals surface area contributed by atoms with Crippen molar-refractivity contribution in [2.75, 3.05) is 0 Å². The van der Waals surface area contributed by atoms with E-state index < -0.39 is 12.1 Å². The van der Waals surface area contributed by atoms with Gasteiger partial charge in [-0.15, -0.1) is 0 Å². The summed E-state index contributed by atoms with van der Waals surface area (Å²) >= 11 is 0. The van der Waals surface area contributed by atoms with Gasteiger partial charge in [-0.25, -0.2) is 4.79 Å². The lowest BCUT2D eigenvalue weighted by atomic mass is 9.97. The van der Waals surface area contributed by atoms with E-state index in [0.717, 1.165) is 11.1 Å². The summed E-state index contributed by atoms with van der Waals surface area (Å²) in [6.07, 6.45) is -0.730. The summed E-state index contributed by atoms with van der Waals surface area (Å²) in [5.74, 6) is -0.251. The molecule has 1 heterocycles. The first-order chi connectivity index (χ1) is 6.59. The Hall–Kier alpha value is -1.51. The summed E-state index contributed by atoms with van der Waals surface area (Å²) in [5, 5.41) is 8.90. The van der Waals surface area contributed by atoms with E-state index in [4.69, 9.17) is 9.84 Å². The first-order valence-electron chi connectivity index (χ1n) is 4.59. The van der Waals surface area contributed by atoms with E-state index >= 15 is 0 Å². The van der Waals surface area contributed by atoms with Gasteiger partial charge in [0.2, 0.25) is 6.10 Å². The predicted octanol–water partition coefficient (Wildman–Crippen LogP) is 1.94. The van der Waals surface area contributed by atoms with Gasteiger partial charge >= 0.3 is 5.97 Å². The summed E-state index contributed by atoms with van der Waals surface area (Å²) in [6, 6.07) is 5.80. The molecule has 2 atom stereocenters. The second-order valence-electron chi connectivity index (χ2n) is 3.71. The Morgan fingerprint density at radius 3 is 2.86 bits per heavy atom. The number of carboxylic acid groups (broad SMARTS) is 1. The molecule has 0 radical (unpaired) electrons. The molecule has 1 aromatic carbocycles. The lowest BCUT2D eigenvalue weighted by Crippen LogP contribution is -2.27. The van der Waals surface area contributed by atoms with E-state index in [1.807, 2.05) is 32.0 Å². The van der Waals surface area contributed by atoms with Crippen molar-refractivity contribution in [2.24, 2.45) is 0 Å². The summed E-state index contributed by atoms with van der Waals surface area (Å²) in [6.45, 7) is 3.84. The number of aryl methyl sites for hydroxylation is 1. The van der Waals surface area contributed by atoms with Crippen LogP contribution in [0.1, 0.15) is 24.0 Å². The Morgan fingerprint density at radius 1 is 1.50 bits per heavy atom. The third-order valence-corrected chi connectivity index (χ3v) is 2.61. The number of fused-ring (bicyclic) bond motifs is 1. The molecule has 0 amide bonds. The fraction of sp³-hybridized carbons (Fsp3) is 0.364. The van der Waals surface area contributed by atoms with Crippen molar-refractivity contribution >= 4 is 5.97 Å². The van der Waals surface area contributed by atoms with Crippen LogP contribution in [0, 0.1) is 6.92 Å². The number of hydrogen-bond donors (Lipinski definition) is 1. The van der Waals surface area contributed by atoms with Gasteiger partial charge in [0.15, 0.2) is 0 Å². The maximum absolute atomic E-state index is 10.8. The molecule has 2 rings (SSSR count). The number of carbonyl (C=O) groups is 1. The van der Waals surface area contributed by atoms with E-state index in [1.165, 1.54) is 0 Å². The van der Waals surface area contributed by atoms with E-state index in [0.29, 0.717) is 5.75 Å². The maximum Gasteiger partial charge on any atom is 0.345 e. The van der Waals surface area contributed by atoms with Crippen LogP contribution in [0.5, 0.6) is 5.75 Å². The largest absolute Gasteiger partial charge is 0.478 e. The standard InChI is InChI=1S/C11H12O3/c1-6-3-4-8-7(2)10(11(12)13)14-9(8)5-6/h3-5,7,10H,1-2H3,(H,12,13)/t7-,10+/m0/s1. The van der Waals surface area contributed by atoms with Gasteiger partial charge in [-0.3, -0.25) is 0 Å². The van der Waals surface area contributed by atoms with Crippen LogP contribution in [0.4, 0.5) is 0 Å². The minimum atomic E-state index is -0.897. The Bertz CT molecular complexity index is 384. The van der Waals surface area contributed by atoms with Gasteiger partial charge in [-0.1, -0.05) is 19.1 Å². The number of rotatable bonds is 1. The Balaban J connectivity index is 2.40. The molecule has 14 heavy (non-hydrogen) atoms. The van der Waals surface area contributed by atoms with Gasteiger partial charge in [0.25, 0.3) is 0 Å². The number of benzene rings is 1. The van der Waals surface area contributed by atoms with Gasteiger partial charge in [0.05, 0.1) is 0 Å². The van der Waals surface area contributed by atoms with Crippen LogP contribution in [0.25, 0.3) is 0 Å². The third-order valence-electron chi connectivity index (χ3n) is 2.61. The lowest BCUT2D eigenvalue weighted by Gasteiger charge is -2.08. The zero-order chi connectivity index (χ0) is 10.3. The molecule has 1 aliphatic rings. The molecule has 3 heteroatoms. The molecule has 1 N–H and O–H groups in total. The highest BCUT2D eigenvalue weighted by molar-refractivity contribution is 5.76. The van der Waals surface area contributed by atoms with Gasteiger partial charge in [0.1, 0.15) is 5.75 Å². The average Bonchev–Trinajstić information content (AvgIpc) is 2.43. The average molecular weight is 192 g/mol. The van der Waals surface area contributed by atoms with Crippen LogP contribution in [0.15, 0.2) is 18.2 Å². The molecule has 1 aliphatic heterocycles. The van der Waals surface area contributed by atoms with E-state index in [1.54, 1.807) is 0 Å². The lowest BCUT2D eigenvalue weighted by molar-refractivity contribution is -0.144. The first kappa shape index (κ1) is 9.06. The maximum atomic E-state index is 10.8. The zero-order valence-electron chi connectivity index (χ0n) is 8.15. The monoisotopic (exact) mass is 192 g/mol. The first-order valence-corrected chi connectivity index (χ1v) is 4.59. The van der Waals surface area contributed by atoms with E-state index in [9.17, 15) is 4.79 Å². The molecular weight excluding hydrogens is 180 g/mol. The van der Waals surface area contributed by atoms with Crippen LogP contribution < -0.4 is 4.74 Å². The van der Waals surface area contributed by atoms with Crippen molar-refractivity contribution in [1.29, 1.82) is 0 Å². The van der Waals surface area contributed by atoms with Crippen molar-refractivity contribution in [1.82, 2.24) is 0 Å². The molecule has 0 aliphatic carbocycles. The van der Waals surface area contributed by atoms with Crippen LogP contribution in [-0.2, 0) is 4.79 Å². The van der Waals surface area contributed by atoms with Crippen molar-refractivity contribution in [3.05, 3.63) is 29.3 Å². The molecular formula is C11H12O3. The molecule has 0 spiro atoms. The van der Waals surface area contributed by atoms with Crippen LogP contribution in [-0.4, -0.2) is 17.2 Å². The number of aliphatic carboxylic acids is 1. The fourth-order valence-corrected chi connectivity index (χ4v) is 1.79. The number of carboxylic acids is 1. The van der Waals surface area contributed by atoms with Gasteiger partial charge in [-0.05, 0) is 18.6 Å². The van der Waals surface area contributed by atoms with Crippen LogP contribution >= 0.6 is 0 Å². The fourth-order valence-electron chi connectivity index (χ4n) is 1.79. The second-order valence-corrected chi connectivity index (χ2v) is 3.71. The predicted molar refractivity (Wildman–Crippen MR) is 51.6 cm³/mol. The normalized spacial score (nSPS) is 24.1. The molecule has 0 saturated heterocycles. The third kappa shape index (κ3) is 1.25. The molecule has 0 aromatic heterocycles. The van der Waals surface area contributed by atoms with Crippen molar-refractivity contribution in [3.8, 4) is 5.75 Å². The number of hydrogen-bond acceptors (Lipinski definition) is 2. The molecule has 74 valence electrons. The van der Waals surface area contributed by atoms with Crippen LogP contribution in [0.2, 0.25) is 0 Å². The molecule has 0 saturated carbocycles. The number of ether oxygens (including phenoxy) is 1. The summed E-state index contributed by atoms with van der Waals surface area (Å²) in [4.78, 5) is 10.8. The van der Waals surface area contributed by atoms with Gasteiger partial charge in [0, 0.05) is 11.5 Å². The highest BCUT2D eigenvalue weighted by atomic mass is 16.5. The molecule has 3 nitrogen and oxygen atoms in total. The molecule has 1 aromatic rings. The van der Waals surface area contributed by atoms with E-state index in [-0.39, 0.29) is 5.92 Å². The highest BCUT2D eigenvalue weighted by Crippen LogP contribution is 2.38. The second kappa shape index (κ2) is 3.01. The van der Waals surface area contributed by atoms with Gasteiger partial charge < -0.3 is 9.84 Å². The van der Waals surface area contributed by atoms with Crippen molar-refractivity contribution in [2.45, 2.75) is 25.9 Å². The van der Waals surface area contributed by atoms with Crippen LogP contribution in [0.3, 0.4) is 0 Å². The highest BCUT2D eigenvalue weighted by Gasteiger charge is 2.36. The quantitative estimate of drug-likeness (QED) is 0.739. The Kier molecular flexibility index (Phi) is 1.95. The minimum absolute atomic E-state index is 0.0666. The SMILES string of the molecule is Cc1ccc2c(c1)O[C@@H](C(=O)O)[C@H]2C. The zero-order valence-corrected chi connectivity index (χ0v) is 8.15. The van der Waals surface area contributed by atoms with E-state index in [2.05, 4.69) is 0 Å². The molecule has 0 bridgehead atoms. The Morgan fingerprint density at radius 2 is 2.21 bits per heavy atom. The molecule has 0 unspecified atom stereocenters. The summed E-state index contributed by atoms with van der Waals surface area (Å²) in [5.41, 5.74) is 2.07. The van der Waals surface area contributed by atoms with Crippen molar-refractivity contribution < 1.29 is 14.6 Å². The summed E-state index contributed by atoms with van der Waals surface area (Å²) < 4.78 is 5.36. The Labute approximate surface area is 82.3 Å². The smallest absolute Gasteiger partial charge is 0.345 e. The summed E-state index contributed by atoms with van der Waals surface area (Å²) in [7, 11) is 0.